The summed E-state index contributed by atoms with van der Waals surface area (Å²) < 4.78 is 0. The van der Waals surface area contributed by atoms with Crippen molar-refractivity contribution >= 4 is 5.91 Å². The summed E-state index contributed by atoms with van der Waals surface area (Å²) in [5.74, 6) is -0.0866. The van der Waals surface area contributed by atoms with Crippen molar-refractivity contribution in [3.8, 4) is 0 Å². The second kappa shape index (κ2) is 5.78. The highest BCUT2D eigenvalue weighted by atomic mass is 16.3. The van der Waals surface area contributed by atoms with Gasteiger partial charge >= 0.3 is 0 Å². The number of carbonyl (C=O) groups is 1. The number of rotatable bonds is 3. The fourth-order valence-corrected chi connectivity index (χ4v) is 3.86. The summed E-state index contributed by atoms with van der Waals surface area (Å²) in [6.45, 7) is 1.92. The molecule has 2 fully saturated rings. The van der Waals surface area contributed by atoms with E-state index < -0.39 is 0 Å². The van der Waals surface area contributed by atoms with Crippen LogP contribution in [0.5, 0.6) is 0 Å². The number of nitrogens with zero attached hydrogens (tertiary/aromatic N) is 1. The molecule has 0 aromatic heterocycles. The summed E-state index contributed by atoms with van der Waals surface area (Å²) in [5.41, 5.74) is 7.29. The Bertz CT molecular complexity index is 491. The van der Waals surface area contributed by atoms with Crippen LogP contribution in [0.1, 0.15) is 44.2 Å². The van der Waals surface area contributed by atoms with Gasteiger partial charge < -0.3 is 15.7 Å². The molecule has 1 aromatic carbocycles. The highest BCUT2D eigenvalue weighted by Crippen LogP contribution is 2.37. The van der Waals surface area contributed by atoms with E-state index in [1.54, 1.807) is 0 Å². The third-order valence-corrected chi connectivity index (χ3v) is 5.08. The molecule has 2 heterocycles. The molecule has 0 radical (unpaired) electrons. The maximum Gasteiger partial charge on any atom is 0.227 e. The van der Waals surface area contributed by atoms with Gasteiger partial charge in [0.2, 0.25) is 5.91 Å². The first-order valence-electron chi connectivity index (χ1n) is 7.88. The Labute approximate surface area is 125 Å². The molecule has 4 heteroatoms. The molecule has 3 N–H and O–H groups in total. The van der Waals surface area contributed by atoms with Crippen LogP contribution in [0.3, 0.4) is 0 Å². The average molecular weight is 288 g/mol. The zero-order valence-corrected chi connectivity index (χ0v) is 12.5. The summed E-state index contributed by atoms with van der Waals surface area (Å²) in [5, 5.41) is 9.85. The Kier molecular flexibility index (Phi) is 4.00. The molecule has 4 nitrogen and oxygen atoms in total. The average Bonchev–Trinajstić information content (AvgIpc) is 2.77. The van der Waals surface area contributed by atoms with E-state index >= 15 is 0 Å². The van der Waals surface area contributed by atoms with Gasteiger partial charge in [0, 0.05) is 18.1 Å². The van der Waals surface area contributed by atoms with Crippen molar-refractivity contribution in [3.63, 3.8) is 0 Å². The number of aliphatic hydroxyl groups is 1. The molecule has 2 bridgehead atoms. The molecular weight excluding hydrogens is 264 g/mol. The lowest BCUT2D eigenvalue weighted by Gasteiger charge is -2.39. The van der Waals surface area contributed by atoms with Gasteiger partial charge in [-0.1, -0.05) is 37.3 Å². The Morgan fingerprint density at radius 1 is 1.24 bits per heavy atom. The zero-order chi connectivity index (χ0) is 15.0. The highest BCUT2D eigenvalue weighted by molar-refractivity contribution is 5.80. The summed E-state index contributed by atoms with van der Waals surface area (Å²) in [7, 11) is 0. The molecule has 0 saturated carbocycles. The SMILES string of the molecule is CC(C(=O)N1C2CCC1CC(O)C2)C(N)c1ccccc1. The lowest BCUT2D eigenvalue weighted by Crippen LogP contribution is -2.51. The van der Waals surface area contributed by atoms with E-state index in [0.29, 0.717) is 0 Å². The van der Waals surface area contributed by atoms with Crippen LogP contribution < -0.4 is 5.73 Å². The zero-order valence-electron chi connectivity index (χ0n) is 12.5. The number of fused-ring (bicyclic) bond motifs is 2. The van der Waals surface area contributed by atoms with Crippen LogP contribution in [0, 0.1) is 5.92 Å². The summed E-state index contributed by atoms with van der Waals surface area (Å²) in [6, 6.07) is 9.94. The minimum absolute atomic E-state index is 0.144. The molecule has 4 unspecified atom stereocenters. The number of piperidine rings is 1. The van der Waals surface area contributed by atoms with Crippen molar-refractivity contribution in [1.82, 2.24) is 4.90 Å². The number of hydrogen-bond donors (Lipinski definition) is 2. The van der Waals surface area contributed by atoms with Crippen molar-refractivity contribution in [2.75, 3.05) is 0 Å². The van der Waals surface area contributed by atoms with Crippen LogP contribution in [0.2, 0.25) is 0 Å². The van der Waals surface area contributed by atoms with Crippen molar-refractivity contribution < 1.29 is 9.90 Å². The Balaban J connectivity index is 1.73. The number of benzene rings is 1. The number of hydrogen-bond acceptors (Lipinski definition) is 3. The monoisotopic (exact) mass is 288 g/mol. The lowest BCUT2D eigenvalue weighted by atomic mass is 9.91. The van der Waals surface area contributed by atoms with E-state index in [4.69, 9.17) is 5.73 Å². The topological polar surface area (TPSA) is 66.6 Å². The van der Waals surface area contributed by atoms with E-state index in [1.807, 2.05) is 42.2 Å². The fraction of sp³-hybridized carbons (Fsp3) is 0.588. The minimum Gasteiger partial charge on any atom is -0.393 e. The van der Waals surface area contributed by atoms with E-state index in [9.17, 15) is 9.90 Å². The molecule has 114 valence electrons. The molecular formula is C17H24N2O2. The van der Waals surface area contributed by atoms with Gasteiger partial charge in [-0.15, -0.1) is 0 Å². The Morgan fingerprint density at radius 3 is 2.38 bits per heavy atom. The van der Waals surface area contributed by atoms with Crippen LogP contribution in [-0.2, 0) is 4.79 Å². The summed E-state index contributed by atoms with van der Waals surface area (Å²) in [4.78, 5) is 14.9. The fourth-order valence-electron chi connectivity index (χ4n) is 3.86. The van der Waals surface area contributed by atoms with Gasteiger partial charge in [0.1, 0.15) is 0 Å². The van der Waals surface area contributed by atoms with Gasteiger partial charge in [-0.05, 0) is 31.2 Å². The van der Waals surface area contributed by atoms with E-state index in [1.165, 1.54) is 0 Å². The number of amides is 1. The molecule has 2 aliphatic heterocycles. The van der Waals surface area contributed by atoms with Gasteiger partial charge in [-0.2, -0.15) is 0 Å². The third-order valence-electron chi connectivity index (χ3n) is 5.08. The van der Waals surface area contributed by atoms with E-state index in [-0.39, 0.29) is 36.1 Å². The van der Waals surface area contributed by atoms with Crippen LogP contribution in [-0.4, -0.2) is 34.1 Å². The van der Waals surface area contributed by atoms with E-state index in [0.717, 1.165) is 31.2 Å². The van der Waals surface area contributed by atoms with Gasteiger partial charge in [-0.25, -0.2) is 0 Å². The second-order valence-electron chi connectivity index (χ2n) is 6.48. The number of aliphatic hydroxyl groups excluding tert-OH is 1. The lowest BCUT2D eigenvalue weighted by molar-refractivity contribution is -0.142. The van der Waals surface area contributed by atoms with Crippen LogP contribution in [0.15, 0.2) is 30.3 Å². The van der Waals surface area contributed by atoms with Crippen molar-refractivity contribution in [1.29, 1.82) is 0 Å². The largest absolute Gasteiger partial charge is 0.393 e. The molecule has 2 saturated heterocycles. The molecule has 0 aliphatic carbocycles. The number of carbonyl (C=O) groups excluding carboxylic acids is 1. The normalized spacial score (nSPS) is 31.0. The van der Waals surface area contributed by atoms with Gasteiger partial charge in [0.15, 0.2) is 0 Å². The maximum absolute atomic E-state index is 12.8. The molecule has 3 rings (SSSR count). The molecule has 2 aliphatic rings. The highest BCUT2D eigenvalue weighted by Gasteiger charge is 2.44. The first kappa shape index (κ1) is 14.5. The molecule has 1 aromatic rings. The van der Waals surface area contributed by atoms with Crippen LogP contribution in [0.4, 0.5) is 0 Å². The van der Waals surface area contributed by atoms with Gasteiger partial charge in [0.05, 0.1) is 12.0 Å². The van der Waals surface area contributed by atoms with Gasteiger partial charge in [0.25, 0.3) is 0 Å². The third kappa shape index (κ3) is 2.70. The molecule has 0 spiro atoms. The second-order valence-corrected chi connectivity index (χ2v) is 6.48. The smallest absolute Gasteiger partial charge is 0.227 e. The van der Waals surface area contributed by atoms with Gasteiger partial charge in [-0.3, -0.25) is 4.79 Å². The molecule has 1 amide bonds. The van der Waals surface area contributed by atoms with Crippen molar-refractivity contribution in [2.45, 2.75) is 56.8 Å². The number of nitrogens with two attached hydrogens (primary N) is 1. The predicted octanol–water partition coefficient (Wildman–Crippen LogP) is 1.84. The summed E-state index contributed by atoms with van der Waals surface area (Å²) in [6.07, 6.45) is 3.22. The predicted molar refractivity (Wildman–Crippen MR) is 81.4 cm³/mol. The first-order valence-corrected chi connectivity index (χ1v) is 7.88. The molecule has 21 heavy (non-hydrogen) atoms. The summed E-state index contributed by atoms with van der Waals surface area (Å²) >= 11 is 0. The first-order chi connectivity index (χ1) is 10.1. The van der Waals surface area contributed by atoms with E-state index in [2.05, 4.69) is 0 Å². The molecule has 4 atom stereocenters. The van der Waals surface area contributed by atoms with Crippen molar-refractivity contribution in [3.05, 3.63) is 35.9 Å². The quantitative estimate of drug-likeness (QED) is 0.892. The van der Waals surface area contributed by atoms with Crippen LogP contribution >= 0.6 is 0 Å². The van der Waals surface area contributed by atoms with Crippen LogP contribution in [0.25, 0.3) is 0 Å². The standard InChI is InChI=1S/C17H24N2O2/c1-11(16(18)12-5-3-2-4-6-12)17(21)19-13-7-8-14(19)10-15(20)9-13/h2-6,11,13-16,20H,7-10,18H2,1H3. The maximum atomic E-state index is 12.8. The van der Waals surface area contributed by atoms with Crippen molar-refractivity contribution in [2.24, 2.45) is 11.7 Å². The Hall–Kier alpha value is -1.39. The Morgan fingerprint density at radius 2 is 1.81 bits per heavy atom. The minimum atomic E-state index is -0.273.